The van der Waals surface area contributed by atoms with Crippen molar-refractivity contribution >= 4 is 22.2 Å². The SMILES string of the molecule is O=Cc1ccc2ccc(Br)c-2o1. The van der Waals surface area contributed by atoms with Gasteiger partial charge in [-0.2, -0.15) is 0 Å². The Morgan fingerprint density at radius 3 is 2.75 bits per heavy atom. The zero-order valence-corrected chi connectivity index (χ0v) is 7.67. The number of carbonyl (C=O) groups is 1. The van der Waals surface area contributed by atoms with E-state index in [-0.39, 0.29) is 0 Å². The lowest BCUT2D eigenvalue weighted by Gasteiger charge is -1.98. The first-order valence-electron chi connectivity index (χ1n) is 3.44. The number of halogens is 1. The molecule has 0 spiro atoms. The zero-order chi connectivity index (χ0) is 8.55. The Morgan fingerprint density at radius 2 is 2.00 bits per heavy atom. The van der Waals surface area contributed by atoms with Crippen LogP contribution in [0.5, 0.6) is 0 Å². The predicted octanol–water partition coefficient (Wildman–Crippen LogP) is 2.96. The Kier molecular flexibility index (Phi) is 1.73. The first kappa shape index (κ1) is 7.55. The van der Waals surface area contributed by atoms with Gasteiger partial charge in [-0.05, 0) is 40.2 Å². The standard InChI is InChI=1S/C9H5BrO2/c10-8-4-2-6-1-3-7(5-11)12-9(6)8/h1-5H. The number of carbonyl (C=O) groups excluding carboxylic acids is 1. The van der Waals surface area contributed by atoms with Gasteiger partial charge in [0.2, 0.25) is 0 Å². The van der Waals surface area contributed by atoms with Crippen LogP contribution >= 0.6 is 15.9 Å². The Morgan fingerprint density at radius 1 is 1.25 bits per heavy atom. The van der Waals surface area contributed by atoms with Crippen molar-refractivity contribution in [1.82, 2.24) is 0 Å². The summed E-state index contributed by atoms with van der Waals surface area (Å²) in [4.78, 5) is 10.4. The summed E-state index contributed by atoms with van der Waals surface area (Å²) in [7, 11) is 0. The maximum atomic E-state index is 10.4. The largest absolute Gasteiger partial charge is 0.452 e. The van der Waals surface area contributed by atoms with Gasteiger partial charge in [-0.1, -0.05) is 0 Å². The minimum absolute atomic E-state index is 0.342. The van der Waals surface area contributed by atoms with Crippen molar-refractivity contribution < 1.29 is 9.21 Å². The van der Waals surface area contributed by atoms with E-state index in [2.05, 4.69) is 15.9 Å². The maximum absolute atomic E-state index is 10.4. The number of aldehydes is 1. The molecule has 2 nitrogen and oxygen atoms in total. The molecule has 0 amide bonds. The molecule has 0 atom stereocenters. The van der Waals surface area contributed by atoms with Crippen LogP contribution in [0.15, 0.2) is 33.2 Å². The maximum Gasteiger partial charge on any atom is 0.185 e. The van der Waals surface area contributed by atoms with E-state index in [1.807, 2.05) is 18.2 Å². The topological polar surface area (TPSA) is 30.2 Å². The number of rotatable bonds is 1. The van der Waals surface area contributed by atoms with Crippen LogP contribution in [0.3, 0.4) is 0 Å². The zero-order valence-electron chi connectivity index (χ0n) is 6.08. The van der Waals surface area contributed by atoms with Crippen molar-refractivity contribution in [2.24, 2.45) is 0 Å². The van der Waals surface area contributed by atoms with Crippen LogP contribution in [0.2, 0.25) is 0 Å². The summed E-state index contributed by atoms with van der Waals surface area (Å²) >= 11 is 3.32. The normalized spacial score (nSPS) is 10.4. The molecule has 3 heteroatoms. The molecule has 0 aromatic carbocycles. The van der Waals surface area contributed by atoms with E-state index in [1.54, 1.807) is 6.07 Å². The molecule has 0 aromatic rings. The third-order valence-corrected chi connectivity index (χ3v) is 2.28. The monoisotopic (exact) mass is 224 g/mol. The molecule has 1 aliphatic heterocycles. The second-order valence-corrected chi connectivity index (χ2v) is 3.28. The Balaban J connectivity index is 2.71. The van der Waals surface area contributed by atoms with Crippen molar-refractivity contribution in [3.63, 3.8) is 0 Å². The number of hydrogen-bond acceptors (Lipinski definition) is 2. The highest BCUT2D eigenvalue weighted by molar-refractivity contribution is 9.10. The molecule has 1 aliphatic carbocycles. The molecule has 2 rings (SSSR count). The van der Waals surface area contributed by atoms with E-state index in [1.165, 1.54) is 0 Å². The van der Waals surface area contributed by atoms with Gasteiger partial charge in [0.15, 0.2) is 12.0 Å². The van der Waals surface area contributed by atoms with Crippen molar-refractivity contribution in [1.29, 1.82) is 0 Å². The molecule has 0 radical (unpaired) electrons. The fourth-order valence-corrected chi connectivity index (χ4v) is 1.52. The third-order valence-electron chi connectivity index (χ3n) is 1.65. The number of fused-ring (bicyclic) bond motifs is 1. The van der Waals surface area contributed by atoms with E-state index < -0.39 is 0 Å². The summed E-state index contributed by atoms with van der Waals surface area (Å²) < 4.78 is 6.14. The second-order valence-electron chi connectivity index (χ2n) is 2.42. The van der Waals surface area contributed by atoms with Crippen LogP contribution in [-0.4, -0.2) is 6.29 Å². The molecule has 60 valence electrons. The van der Waals surface area contributed by atoms with Crippen LogP contribution in [0, 0.1) is 0 Å². The molecule has 0 N–H and O–H groups in total. The summed E-state index contributed by atoms with van der Waals surface area (Å²) in [5.41, 5.74) is 0.993. The second kappa shape index (κ2) is 2.75. The van der Waals surface area contributed by atoms with Crippen LogP contribution in [0.1, 0.15) is 10.6 Å². The molecule has 12 heavy (non-hydrogen) atoms. The fourth-order valence-electron chi connectivity index (χ4n) is 1.08. The highest BCUT2D eigenvalue weighted by Gasteiger charge is 2.10. The van der Waals surface area contributed by atoms with Crippen molar-refractivity contribution in [2.75, 3.05) is 0 Å². The summed E-state index contributed by atoms with van der Waals surface area (Å²) in [5, 5.41) is 0. The molecule has 0 unspecified atom stereocenters. The molecule has 0 bridgehead atoms. The van der Waals surface area contributed by atoms with Crippen LogP contribution < -0.4 is 0 Å². The van der Waals surface area contributed by atoms with E-state index in [9.17, 15) is 4.79 Å². The van der Waals surface area contributed by atoms with E-state index in [0.717, 1.165) is 15.8 Å². The Hall–Kier alpha value is -1.09. The molecule has 2 aliphatic rings. The van der Waals surface area contributed by atoms with E-state index in [4.69, 9.17) is 4.42 Å². The summed E-state index contributed by atoms with van der Waals surface area (Å²) in [6.45, 7) is 0. The van der Waals surface area contributed by atoms with Crippen LogP contribution in [0.25, 0.3) is 11.3 Å². The van der Waals surface area contributed by atoms with Gasteiger partial charge in [0.1, 0.15) is 5.76 Å². The van der Waals surface area contributed by atoms with Gasteiger partial charge in [0.25, 0.3) is 0 Å². The first-order valence-corrected chi connectivity index (χ1v) is 4.24. The van der Waals surface area contributed by atoms with Gasteiger partial charge >= 0.3 is 0 Å². The average Bonchev–Trinajstić information content (AvgIpc) is 2.47. The van der Waals surface area contributed by atoms with Gasteiger partial charge in [0, 0.05) is 5.56 Å². The summed E-state index contributed by atoms with van der Waals surface area (Å²) in [6.07, 6.45) is 0.693. The van der Waals surface area contributed by atoms with Gasteiger partial charge in [-0.3, -0.25) is 4.79 Å². The fraction of sp³-hybridized carbons (Fsp3) is 0. The van der Waals surface area contributed by atoms with Crippen molar-refractivity contribution in [3.8, 4) is 11.3 Å². The molecule has 1 heterocycles. The van der Waals surface area contributed by atoms with Crippen LogP contribution in [-0.2, 0) is 0 Å². The summed E-state index contributed by atoms with van der Waals surface area (Å²) in [5.74, 6) is 1.06. The lowest BCUT2D eigenvalue weighted by molar-refractivity contribution is 0.109. The minimum atomic E-state index is 0.342. The first-order chi connectivity index (χ1) is 5.81. The van der Waals surface area contributed by atoms with E-state index in [0.29, 0.717) is 12.0 Å². The highest BCUT2D eigenvalue weighted by Crippen LogP contribution is 2.32. The molecule has 0 fully saturated rings. The van der Waals surface area contributed by atoms with Gasteiger partial charge in [-0.25, -0.2) is 0 Å². The lowest BCUT2D eigenvalue weighted by Crippen LogP contribution is -1.81. The molecule has 0 aromatic heterocycles. The van der Waals surface area contributed by atoms with Gasteiger partial charge in [0.05, 0.1) is 4.47 Å². The molecule has 0 saturated heterocycles. The highest BCUT2D eigenvalue weighted by atomic mass is 79.9. The molecular formula is C9H5BrO2. The minimum Gasteiger partial charge on any atom is -0.452 e. The quantitative estimate of drug-likeness (QED) is 0.698. The summed E-state index contributed by atoms with van der Waals surface area (Å²) in [6, 6.07) is 7.33. The van der Waals surface area contributed by atoms with E-state index >= 15 is 0 Å². The third kappa shape index (κ3) is 1.06. The lowest BCUT2D eigenvalue weighted by atomic mass is 10.2. The van der Waals surface area contributed by atoms with Crippen molar-refractivity contribution in [2.45, 2.75) is 0 Å². The predicted molar refractivity (Wildman–Crippen MR) is 48.4 cm³/mol. The molecular weight excluding hydrogens is 220 g/mol. The Bertz CT molecular complexity index is 392. The van der Waals surface area contributed by atoms with Crippen LogP contribution in [0.4, 0.5) is 0 Å². The van der Waals surface area contributed by atoms with Gasteiger partial charge in [-0.15, -0.1) is 0 Å². The van der Waals surface area contributed by atoms with Gasteiger partial charge < -0.3 is 4.42 Å². The van der Waals surface area contributed by atoms with Crippen molar-refractivity contribution in [3.05, 3.63) is 34.5 Å². The molecule has 0 saturated carbocycles. The Labute approximate surface area is 77.7 Å². The average molecular weight is 225 g/mol. The number of hydrogen-bond donors (Lipinski definition) is 0. The smallest absolute Gasteiger partial charge is 0.185 e.